The fourth-order valence-corrected chi connectivity index (χ4v) is 2.80. The summed E-state index contributed by atoms with van der Waals surface area (Å²) in [5.74, 6) is 1.73. The van der Waals surface area contributed by atoms with Crippen LogP contribution in [0.25, 0.3) is 0 Å². The largest absolute Gasteiger partial charge is 0.206 e. The third-order valence-corrected chi connectivity index (χ3v) is 3.66. The molecule has 0 radical (unpaired) electrons. The molecule has 0 spiro atoms. The highest BCUT2D eigenvalue weighted by atomic mass is 17.5. The summed E-state index contributed by atoms with van der Waals surface area (Å²) in [5, 5.41) is 4.79. The molecule has 1 heterocycles. The molecule has 90 valence electrons. The van der Waals surface area contributed by atoms with Crippen LogP contribution in [0.5, 0.6) is 0 Å². The van der Waals surface area contributed by atoms with Crippen molar-refractivity contribution in [2.24, 2.45) is 23.7 Å². The molecule has 0 aromatic rings. The van der Waals surface area contributed by atoms with Crippen molar-refractivity contribution in [3.63, 3.8) is 0 Å². The van der Waals surface area contributed by atoms with E-state index in [1.165, 1.54) is 0 Å². The zero-order valence-electron chi connectivity index (χ0n) is 10.7. The Morgan fingerprint density at radius 1 is 1.00 bits per heavy atom. The van der Waals surface area contributed by atoms with Gasteiger partial charge in [-0.05, 0) is 17.8 Å². The smallest absolute Gasteiger partial charge is 0.117 e. The Kier molecular flexibility index (Phi) is 4.15. The molecule has 1 unspecified atom stereocenters. The van der Waals surface area contributed by atoms with Crippen LogP contribution in [-0.2, 0) is 14.8 Å². The molecule has 0 saturated carbocycles. The molecule has 15 heavy (non-hydrogen) atoms. The summed E-state index contributed by atoms with van der Waals surface area (Å²) in [7, 11) is 0. The molecule has 0 aromatic carbocycles. The first-order valence-corrected chi connectivity index (χ1v) is 5.90. The predicted molar refractivity (Wildman–Crippen MR) is 58.9 cm³/mol. The first-order chi connectivity index (χ1) is 6.93. The molecule has 1 fully saturated rings. The first-order valence-electron chi connectivity index (χ1n) is 5.90. The molecule has 0 N–H and O–H groups in total. The number of rotatable bonds is 3. The van der Waals surface area contributed by atoms with E-state index in [4.69, 9.17) is 14.8 Å². The summed E-state index contributed by atoms with van der Waals surface area (Å²) in [6.45, 7) is 13.8. The zero-order chi connectivity index (χ0) is 11.6. The van der Waals surface area contributed by atoms with E-state index >= 15 is 0 Å². The van der Waals surface area contributed by atoms with E-state index in [-0.39, 0.29) is 5.60 Å². The molecule has 3 nitrogen and oxygen atoms in total. The summed E-state index contributed by atoms with van der Waals surface area (Å²) in [6, 6.07) is 0. The lowest BCUT2D eigenvalue weighted by Gasteiger charge is -2.48. The van der Waals surface area contributed by atoms with Gasteiger partial charge < -0.3 is 0 Å². The Bertz CT molecular complexity index is 191. The van der Waals surface area contributed by atoms with Crippen LogP contribution in [0.1, 0.15) is 41.5 Å². The van der Waals surface area contributed by atoms with Gasteiger partial charge in [-0.25, -0.2) is 4.89 Å². The summed E-state index contributed by atoms with van der Waals surface area (Å²) in [4.78, 5) is 10.5. The summed E-state index contributed by atoms with van der Waals surface area (Å²) in [5.41, 5.74) is -0.230. The third kappa shape index (κ3) is 2.19. The highest BCUT2D eigenvalue weighted by molar-refractivity contribution is 4.94. The van der Waals surface area contributed by atoms with E-state index in [2.05, 4.69) is 41.5 Å². The summed E-state index contributed by atoms with van der Waals surface area (Å²) >= 11 is 0. The minimum atomic E-state index is -0.230. The van der Waals surface area contributed by atoms with Gasteiger partial charge in [0, 0.05) is 5.92 Å². The van der Waals surface area contributed by atoms with Crippen LogP contribution in [0.15, 0.2) is 0 Å². The second-order valence-electron chi connectivity index (χ2n) is 5.45. The standard InChI is InChI=1S/C12H24O3/c1-8(2)11-7-13-15-14-12(11,9(3)4)10(5)6/h8-11H,7H2,1-6H3. The van der Waals surface area contributed by atoms with Crippen LogP contribution in [0, 0.1) is 23.7 Å². The molecule has 0 amide bonds. The average molecular weight is 216 g/mol. The monoisotopic (exact) mass is 216 g/mol. The van der Waals surface area contributed by atoms with Gasteiger partial charge in [-0.2, -0.15) is 4.89 Å². The van der Waals surface area contributed by atoms with E-state index in [1.54, 1.807) is 0 Å². The van der Waals surface area contributed by atoms with Crippen LogP contribution in [0.4, 0.5) is 0 Å². The van der Waals surface area contributed by atoms with Gasteiger partial charge >= 0.3 is 0 Å². The van der Waals surface area contributed by atoms with Gasteiger partial charge in [-0.1, -0.05) is 46.6 Å². The molecule has 1 saturated heterocycles. The average Bonchev–Trinajstić information content (AvgIpc) is 2.16. The lowest BCUT2D eigenvalue weighted by molar-refractivity contribution is -0.591. The van der Waals surface area contributed by atoms with Crippen molar-refractivity contribution in [3.05, 3.63) is 0 Å². The fraction of sp³-hybridized carbons (Fsp3) is 1.00. The molecule has 0 aliphatic carbocycles. The highest BCUT2D eigenvalue weighted by Gasteiger charge is 2.50. The molecular formula is C12H24O3. The SMILES string of the molecule is CC(C)C1COOOC1(C(C)C)C(C)C. The topological polar surface area (TPSA) is 27.7 Å². The van der Waals surface area contributed by atoms with Crippen molar-refractivity contribution in [2.75, 3.05) is 6.61 Å². The predicted octanol–water partition coefficient (Wildman–Crippen LogP) is 3.20. The van der Waals surface area contributed by atoms with E-state index in [0.717, 1.165) is 0 Å². The highest BCUT2D eigenvalue weighted by Crippen LogP contribution is 2.43. The van der Waals surface area contributed by atoms with Crippen LogP contribution >= 0.6 is 0 Å². The maximum atomic E-state index is 5.54. The lowest BCUT2D eigenvalue weighted by atomic mass is 9.67. The van der Waals surface area contributed by atoms with Gasteiger partial charge in [0.1, 0.15) is 5.60 Å². The molecule has 1 rings (SSSR count). The van der Waals surface area contributed by atoms with Crippen molar-refractivity contribution < 1.29 is 14.8 Å². The Labute approximate surface area is 92.9 Å². The lowest BCUT2D eigenvalue weighted by Crippen LogP contribution is -2.56. The third-order valence-electron chi connectivity index (χ3n) is 3.66. The van der Waals surface area contributed by atoms with E-state index < -0.39 is 0 Å². The Morgan fingerprint density at radius 2 is 1.53 bits per heavy atom. The molecule has 1 atom stereocenters. The van der Waals surface area contributed by atoms with Crippen molar-refractivity contribution in [3.8, 4) is 0 Å². The zero-order valence-corrected chi connectivity index (χ0v) is 10.7. The maximum Gasteiger partial charge on any atom is 0.117 e. The maximum absolute atomic E-state index is 5.54. The summed E-state index contributed by atoms with van der Waals surface area (Å²) in [6.07, 6.45) is 0. The van der Waals surface area contributed by atoms with Gasteiger partial charge in [0.05, 0.1) is 6.61 Å². The van der Waals surface area contributed by atoms with Crippen molar-refractivity contribution in [2.45, 2.75) is 47.1 Å². The van der Waals surface area contributed by atoms with Crippen LogP contribution in [0.2, 0.25) is 0 Å². The number of hydrogen-bond acceptors (Lipinski definition) is 3. The quantitative estimate of drug-likeness (QED) is 0.678. The Balaban J connectivity index is 2.99. The second-order valence-corrected chi connectivity index (χ2v) is 5.45. The minimum absolute atomic E-state index is 0.230. The van der Waals surface area contributed by atoms with Crippen LogP contribution in [-0.4, -0.2) is 12.2 Å². The van der Waals surface area contributed by atoms with Crippen molar-refractivity contribution in [1.82, 2.24) is 0 Å². The van der Waals surface area contributed by atoms with Gasteiger partial charge in [0.15, 0.2) is 0 Å². The molecule has 0 bridgehead atoms. The normalized spacial score (nSPS) is 26.6. The Hall–Kier alpha value is -0.120. The van der Waals surface area contributed by atoms with E-state index in [1.807, 2.05) is 0 Å². The fourth-order valence-electron chi connectivity index (χ4n) is 2.80. The Morgan fingerprint density at radius 3 is 1.87 bits per heavy atom. The molecule has 0 aromatic heterocycles. The molecular weight excluding hydrogens is 192 g/mol. The van der Waals surface area contributed by atoms with Gasteiger partial charge in [0.2, 0.25) is 0 Å². The van der Waals surface area contributed by atoms with Crippen LogP contribution in [0.3, 0.4) is 0 Å². The van der Waals surface area contributed by atoms with Crippen LogP contribution < -0.4 is 0 Å². The molecule has 1 aliphatic heterocycles. The number of hydrogen-bond donors (Lipinski definition) is 0. The molecule has 3 heteroatoms. The van der Waals surface area contributed by atoms with Gasteiger partial charge in [-0.3, -0.25) is 0 Å². The minimum Gasteiger partial charge on any atom is -0.206 e. The van der Waals surface area contributed by atoms with Gasteiger partial charge in [0.25, 0.3) is 0 Å². The molecule has 1 aliphatic rings. The van der Waals surface area contributed by atoms with Crippen molar-refractivity contribution in [1.29, 1.82) is 0 Å². The second kappa shape index (κ2) is 4.81. The van der Waals surface area contributed by atoms with Gasteiger partial charge in [-0.15, -0.1) is 0 Å². The first kappa shape index (κ1) is 12.9. The summed E-state index contributed by atoms with van der Waals surface area (Å²) < 4.78 is 0. The van der Waals surface area contributed by atoms with E-state index in [9.17, 15) is 0 Å². The van der Waals surface area contributed by atoms with E-state index in [0.29, 0.717) is 30.3 Å². The van der Waals surface area contributed by atoms with Crippen molar-refractivity contribution >= 4 is 0 Å².